The molecule has 0 aromatic carbocycles. The Labute approximate surface area is 108 Å². The van der Waals surface area contributed by atoms with Crippen LogP contribution in [0.5, 0.6) is 0 Å². The number of hydrogen-bond acceptors (Lipinski definition) is 1. The minimum atomic E-state index is -0.00515. The van der Waals surface area contributed by atoms with Gasteiger partial charge in [-0.2, -0.15) is 0 Å². The summed E-state index contributed by atoms with van der Waals surface area (Å²) in [6.07, 6.45) is 14.2. The summed E-state index contributed by atoms with van der Waals surface area (Å²) >= 11 is 0. The van der Waals surface area contributed by atoms with Crippen molar-refractivity contribution in [2.45, 2.75) is 90.6 Å². The topological polar surface area (TPSA) is 20.2 Å². The van der Waals surface area contributed by atoms with Crippen molar-refractivity contribution in [1.29, 1.82) is 0 Å². The highest BCUT2D eigenvalue weighted by molar-refractivity contribution is 4.77. The third-order valence-electron chi connectivity index (χ3n) is 4.62. The molecule has 1 saturated carbocycles. The molecule has 1 N–H and O–H groups in total. The Morgan fingerprint density at radius 1 is 0.941 bits per heavy atom. The Bertz CT molecular complexity index is 170. The van der Waals surface area contributed by atoms with Crippen molar-refractivity contribution in [1.82, 2.24) is 0 Å². The lowest BCUT2D eigenvalue weighted by molar-refractivity contribution is 0.0642. The average molecular weight is 240 g/mol. The summed E-state index contributed by atoms with van der Waals surface area (Å²) in [4.78, 5) is 0. The Morgan fingerprint density at radius 3 is 2.18 bits per heavy atom. The molecule has 0 aromatic heterocycles. The van der Waals surface area contributed by atoms with Gasteiger partial charge in [0.05, 0.1) is 6.10 Å². The molecular weight excluding hydrogens is 208 g/mol. The smallest absolute Gasteiger partial charge is 0.0568 e. The first-order valence-corrected chi connectivity index (χ1v) is 7.96. The van der Waals surface area contributed by atoms with E-state index in [0.717, 1.165) is 12.3 Å². The van der Waals surface area contributed by atoms with E-state index >= 15 is 0 Å². The molecular formula is C16H32O. The van der Waals surface area contributed by atoms with E-state index in [-0.39, 0.29) is 6.10 Å². The highest BCUT2D eigenvalue weighted by Gasteiger charge is 2.25. The summed E-state index contributed by atoms with van der Waals surface area (Å²) < 4.78 is 0. The molecule has 1 fully saturated rings. The maximum atomic E-state index is 10.2. The summed E-state index contributed by atoms with van der Waals surface area (Å²) in [6, 6.07) is 0. The number of aliphatic hydroxyl groups excluding tert-OH is 1. The zero-order chi connectivity index (χ0) is 12.5. The monoisotopic (exact) mass is 240 g/mol. The normalized spacial score (nSPS) is 27.0. The average Bonchev–Trinajstić information content (AvgIpc) is 2.38. The minimum Gasteiger partial charge on any atom is -0.393 e. The molecule has 1 unspecified atom stereocenters. The van der Waals surface area contributed by atoms with Crippen LogP contribution in [0.3, 0.4) is 0 Å². The molecule has 0 spiro atoms. The van der Waals surface area contributed by atoms with E-state index < -0.39 is 0 Å². The van der Waals surface area contributed by atoms with Crippen LogP contribution in [0.1, 0.15) is 84.5 Å². The maximum Gasteiger partial charge on any atom is 0.0568 e. The van der Waals surface area contributed by atoms with Gasteiger partial charge in [0.15, 0.2) is 0 Å². The van der Waals surface area contributed by atoms with E-state index in [2.05, 4.69) is 13.8 Å². The van der Waals surface area contributed by atoms with Gasteiger partial charge in [0.1, 0.15) is 0 Å². The summed E-state index contributed by atoms with van der Waals surface area (Å²) in [6.45, 7) is 4.55. The fraction of sp³-hybridized carbons (Fsp3) is 1.00. The Hall–Kier alpha value is -0.0400. The van der Waals surface area contributed by atoms with E-state index in [9.17, 15) is 5.11 Å². The van der Waals surface area contributed by atoms with Crippen molar-refractivity contribution in [2.24, 2.45) is 11.8 Å². The van der Waals surface area contributed by atoms with Crippen LogP contribution in [0, 0.1) is 11.8 Å². The molecule has 1 rings (SSSR count). The van der Waals surface area contributed by atoms with Gasteiger partial charge in [0, 0.05) is 0 Å². The summed E-state index contributed by atoms with van der Waals surface area (Å²) in [5.41, 5.74) is 0. The predicted octanol–water partition coefficient (Wildman–Crippen LogP) is 4.92. The van der Waals surface area contributed by atoms with Crippen LogP contribution < -0.4 is 0 Å². The lowest BCUT2D eigenvalue weighted by atomic mass is 9.77. The molecule has 1 nitrogen and oxygen atoms in total. The van der Waals surface area contributed by atoms with Gasteiger partial charge in [-0.25, -0.2) is 0 Å². The third kappa shape index (κ3) is 5.90. The Balaban J connectivity index is 2.05. The SMILES string of the molecule is CCCCCCCC(O)C1CCC(CC)CC1. The molecule has 1 aliphatic carbocycles. The second kappa shape index (κ2) is 8.97. The number of aliphatic hydroxyl groups is 1. The van der Waals surface area contributed by atoms with E-state index in [1.807, 2.05) is 0 Å². The van der Waals surface area contributed by atoms with Crippen LogP contribution in [0.25, 0.3) is 0 Å². The van der Waals surface area contributed by atoms with Gasteiger partial charge in [-0.1, -0.05) is 65.2 Å². The largest absolute Gasteiger partial charge is 0.393 e. The van der Waals surface area contributed by atoms with Crippen molar-refractivity contribution in [3.05, 3.63) is 0 Å². The standard InChI is InChI=1S/C16H32O/c1-3-5-6-7-8-9-16(17)15-12-10-14(4-2)11-13-15/h14-17H,3-13H2,1-2H3. The van der Waals surface area contributed by atoms with Crippen molar-refractivity contribution in [2.75, 3.05) is 0 Å². The van der Waals surface area contributed by atoms with Crippen molar-refractivity contribution in [3.8, 4) is 0 Å². The fourth-order valence-corrected chi connectivity index (χ4v) is 3.17. The van der Waals surface area contributed by atoms with E-state index in [1.54, 1.807) is 0 Å². The quantitative estimate of drug-likeness (QED) is 0.597. The van der Waals surface area contributed by atoms with Crippen LogP contribution in [0.15, 0.2) is 0 Å². The van der Waals surface area contributed by atoms with Crippen LogP contribution in [0.4, 0.5) is 0 Å². The second-order valence-corrected chi connectivity index (χ2v) is 5.96. The first kappa shape index (κ1) is 15.0. The zero-order valence-corrected chi connectivity index (χ0v) is 12.0. The third-order valence-corrected chi connectivity index (χ3v) is 4.62. The van der Waals surface area contributed by atoms with Gasteiger partial charge in [-0.15, -0.1) is 0 Å². The maximum absolute atomic E-state index is 10.2. The number of unbranched alkanes of at least 4 members (excludes halogenated alkanes) is 4. The molecule has 0 aliphatic heterocycles. The van der Waals surface area contributed by atoms with Crippen LogP contribution in [0.2, 0.25) is 0 Å². The lowest BCUT2D eigenvalue weighted by Gasteiger charge is -2.31. The minimum absolute atomic E-state index is 0.00515. The van der Waals surface area contributed by atoms with Gasteiger partial charge >= 0.3 is 0 Å². The van der Waals surface area contributed by atoms with Gasteiger partial charge in [-0.3, -0.25) is 0 Å². The van der Waals surface area contributed by atoms with Crippen LogP contribution in [-0.2, 0) is 0 Å². The fourth-order valence-electron chi connectivity index (χ4n) is 3.17. The summed E-state index contributed by atoms with van der Waals surface area (Å²) in [5.74, 6) is 1.56. The number of hydrogen-bond donors (Lipinski definition) is 1. The molecule has 102 valence electrons. The second-order valence-electron chi connectivity index (χ2n) is 5.96. The predicted molar refractivity (Wildman–Crippen MR) is 75.1 cm³/mol. The molecule has 0 amide bonds. The molecule has 0 aromatic rings. The first-order valence-electron chi connectivity index (χ1n) is 7.96. The Morgan fingerprint density at radius 2 is 1.59 bits per heavy atom. The lowest BCUT2D eigenvalue weighted by Crippen LogP contribution is -2.25. The molecule has 17 heavy (non-hydrogen) atoms. The molecule has 1 heteroatoms. The van der Waals surface area contributed by atoms with Crippen molar-refractivity contribution < 1.29 is 5.11 Å². The molecule has 0 radical (unpaired) electrons. The van der Waals surface area contributed by atoms with Gasteiger partial charge in [-0.05, 0) is 31.1 Å². The van der Waals surface area contributed by atoms with Crippen LogP contribution in [-0.4, -0.2) is 11.2 Å². The van der Waals surface area contributed by atoms with Crippen LogP contribution >= 0.6 is 0 Å². The van der Waals surface area contributed by atoms with Gasteiger partial charge in [0.2, 0.25) is 0 Å². The molecule has 1 aliphatic rings. The molecule has 0 bridgehead atoms. The highest BCUT2D eigenvalue weighted by Crippen LogP contribution is 2.33. The summed E-state index contributed by atoms with van der Waals surface area (Å²) in [7, 11) is 0. The number of rotatable bonds is 8. The van der Waals surface area contributed by atoms with Crippen molar-refractivity contribution in [3.63, 3.8) is 0 Å². The van der Waals surface area contributed by atoms with E-state index in [1.165, 1.54) is 64.2 Å². The van der Waals surface area contributed by atoms with E-state index in [4.69, 9.17) is 0 Å². The summed E-state index contributed by atoms with van der Waals surface area (Å²) in [5, 5.41) is 10.2. The highest BCUT2D eigenvalue weighted by atomic mass is 16.3. The van der Waals surface area contributed by atoms with Gasteiger partial charge < -0.3 is 5.11 Å². The zero-order valence-electron chi connectivity index (χ0n) is 12.0. The Kier molecular flexibility index (Phi) is 7.92. The molecule has 0 heterocycles. The van der Waals surface area contributed by atoms with Crippen molar-refractivity contribution >= 4 is 0 Å². The molecule has 0 saturated heterocycles. The van der Waals surface area contributed by atoms with Gasteiger partial charge in [0.25, 0.3) is 0 Å². The first-order chi connectivity index (χ1) is 8.27. The molecule has 1 atom stereocenters. The van der Waals surface area contributed by atoms with E-state index in [0.29, 0.717) is 5.92 Å².